The number of halogens is 4. The Morgan fingerprint density at radius 1 is 1.30 bits per heavy atom. The second-order valence-corrected chi connectivity index (χ2v) is 7.95. The summed E-state index contributed by atoms with van der Waals surface area (Å²) < 4.78 is 38.1. The van der Waals surface area contributed by atoms with Crippen molar-refractivity contribution in [2.24, 2.45) is 0 Å². The van der Waals surface area contributed by atoms with E-state index in [9.17, 15) is 18.0 Å². The van der Waals surface area contributed by atoms with Gasteiger partial charge in [0, 0.05) is 42.1 Å². The molecule has 1 saturated heterocycles. The minimum atomic E-state index is -4.48. The fourth-order valence-electron chi connectivity index (χ4n) is 2.79. The van der Waals surface area contributed by atoms with Crippen LogP contribution in [-0.4, -0.2) is 42.1 Å². The van der Waals surface area contributed by atoms with Crippen LogP contribution in [-0.2, 0) is 12.7 Å². The fourth-order valence-corrected chi connectivity index (χ4v) is 3.91. The number of nitrogens with one attached hydrogen (secondary N) is 1. The van der Waals surface area contributed by atoms with Gasteiger partial charge in [-0.15, -0.1) is 11.3 Å². The average molecular weight is 419 g/mol. The number of thiophene rings is 1. The third kappa shape index (κ3) is 4.84. The molecule has 0 spiro atoms. The molecule has 10 heteroatoms. The first-order chi connectivity index (χ1) is 12.7. The van der Waals surface area contributed by atoms with Crippen LogP contribution in [0.2, 0.25) is 5.02 Å². The number of urea groups is 1. The van der Waals surface area contributed by atoms with E-state index in [1.165, 1.54) is 4.88 Å². The molecule has 3 heterocycles. The Morgan fingerprint density at radius 2 is 2.00 bits per heavy atom. The summed E-state index contributed by atoms with van der Waals surface area (Å²) in [6.07, 6.45) is -3.70. The molecule has 1 aliphatic rings. The molecule has 146 valence electrons. The van der Waals surface area contributed by atoms with E-state index in [1.807, 2.05) is 19.1 Å². The molecule has 0 radical (unpaired) electrons. The van der Waals surface area contributed by atoms with Crippen LogP contribution in [0.15, 0.2) is 24.4 Å². The molecule has 0 bridgehead atoms. The number of hydrogen-bond donors (Lipinski definition) is 1. The molecule has 0 saturated carbocycles. The highest BCUT2D eigenvalue weighted by Gasteiger charge is 2.32. The summed E-state index contributed by atoms with van der Waals surface area (Å²) in [7, 11) is 0. The Labute approximate surface area is 163 Å². The molecule has 27 heavy (non-hydrogen) atoms. The van der Waals surface area contributed by atoms with Crippen molar-refractivity contribution in [1.82, 2.24) is 15.2 Å². The molecule has 0 unspecified atom stereocenters. The quantitative estimate of drug-likeness (QED) is 0.814. The third-order valence-corrected chi connectivity index (χ3v) is 5.50. The van der Waals surface area contributed by atoms with E-state index >= 15 is 0 Å². The third-order valence-electron chi connectivity index (χ3n) is 4.23. The number of aryl methyl sites for hydroxylation is 1. The Hall–Kier alpha value is -2.00. The molecular weight excluding hydrogens is 401 g/mol. The zero-order chi connectivity index (χ0) is 19.6. The molecule has 2 aromatic heterocycles. The summed E-state index contributed by atoms with van der Waals surface area (Å²) in [4.78, 5) is 21.9. The van der Waals surface area contributed by atoms with Crippen molar-refractivity contribution in [3.05, 3.63) is 44.7 Å². The molecule has 0 aromatic carbocycles. The van der Waals surface area contributed by atoms with Crippen molar-refractivity contribution in [2.75, 3.05) is 31.1 Å². The van der Waals surface area contributed by atoms with Crippen LogP contribution in [0.5, 0.6) is 0 Å². The molecule has 2 aromatic rings. The number of nitrogens with zero attached hydrogens (tertiary/aromatic N) is 3. The minimum Gasteiger partial charge on any atom is -0.352 e. The number of pyridine rings is 1. The Morgan fingerprint density at radius 3 is 2.56 bits per heavy atom. The standard InChI is InChI=1S/C17H18ClF3N4OS/c1-11-2-3-13(27-11)10-23-16(26)25-6-4-24(5-7-25)15-14(18)8-12(9-22-15)17(19,20)21/h2-3,8-9H,4-7,10H2,1H3,(H,23,26). The van der Waals surface area contributed by atoms with Crippen LogP contribution < -0.4 is 10.2 Å². The van der Waals surface area contributed by atoms with Crippen LogP contribution in [0.25, 0.3) is 0 Å². The van der Waals surface area contributed by atoms with Gasteiger partial charge in [0.2, 0.25) is 0 Å². The zero-order valence-corrected chi connectivity index (χ0v) is 16.1. The van der Waals surface area contributed by atoms with Crippen molar-refractivity contribution in [3.8, 4) is 0 Å². The van der Waals surface area contributed by atoms with E-state index in [4.69, 9.17) is 11.6 Å². The highest BCUT2D eigenvalue weighted by atomic mass is 35.5. The Bertz CT molecular complexity index is 819. The second kappa shape index (κ2) is 7.93. The zero-order valence-electron chi connectivity index (χ0n) is 14.5. The van der Waals surface area contributed by atoms with Gasteiger partial charge in [-0.2, -0.15) is 13.2 Å². The van der Waals surface area contributed by atoms with E-state index < -0.39 is 11.7 Å². The van der Waals surface area contributed by atoms with Gasteiger partial charge in [0.1, 0.15) is 5.82 Å². The number of carbonyl (C=O) groups is 1. The molecule has 2 amide bonds. The van der Waals surface area contributed by atoms with Crippen molar-refractivity contribution < 1.29 is 18.0 Å². The monoisotopic (exact) mass is 418 g/mol. The van der Waals surface area contributed by atoms with E-state index in [2.05, 4.69) is 10.3 Å². The highest BCUT2D eigenvalue weighted by Crippen LogP contribution is 2.33. The molecule has 1 fully saturated rings. The average Bonchev–Trinajstić information content (AvgIpc) is 3.04. The largest absolute Gasteiger partial charge is 0.417 e. The van der Waals surface area contributed by atoms with E-state index in [0.29, 0.717) is 38.5 Å². The van der Waals surface area contributed by atoms with E-state index in [0.717, 1.165) is 17.1 Å². The predicted molar refractivity (Wildman–Crippen MR) is 99.3 cm³/mol. The molecular formula is C17H18ClF3N4OS. The van der Waals surface area contributed by atoms with Gasteiger partial charge < -0.3 is 15.1 Å². The smallest absolute Gasteiger partial charge is 0.352 e. The normalized spacial score (nSPS) is 15.1. The lowest BCUT2D eigenvalue weighted by molar-refractivity contribution is -0.137. The topological polar surface area (TPSA) is 48.5 Å². The lowest BCUT2D eigenvalue weighted by Crippen LogP contribution is -2.52. The van der Waals surface area contributed by atoms with Crippen LogP contribution >= 0.6 is 22.9 Å². The highest BCUT2D eigenvalue weighted by molar-refractivity contribution is 7.11. The Kier molecular flexibility index (Phi) is 5.81. The number of rotatable bonds is 3. The minimum absolute atomic E-state index is 0.0456. The number of amides is 2. The van der Waals surface area contributed by atoms with Crippen molar-refractivity contribution >= 4 is 34.8 Å². The van der Waals surface area contributed by atoms with Gasteiger partial charge in [-0.25, -0.2) is 9.78 Å². The van der Waals surface area contributed by atoms with Gasteiger partial charge in [0.15, 0.2) is 0 Å². The Balaban J connectivity index is 1.54. The van der Waals surface area contributed by atoms with Gasteiger partial charge in [0.25, 0.3) is 0 Å². The predicted octanol–water partition coefficient (Wildman–Crippen LogP) is 4.16. The summed E-state index contributed by atoms with van der Waals surface area (Å²) in [5, 5.41) is 2.84. The van der Waals surface area contributed by atoms with Crippen LogP contribution in [0.1, 0.15) is 15.3 Å². The summed E-state index contributed by atoms with van der Waals surface area (Å²) in [6, 6.07) is 4.71. The second-order valence-electron chi connectivity index (χ2n) is 6.17. The van der Waals surface area contributed by atoms with Crippen LogP contribution in [0.3, 0.4) is 0 Å². The molecule has 1 N–H and O–H groups in total. The number of anilines is 1. The first kappa shape index (κ1) is 19.8. The number of carbonyl (C=O) groups excluding carboxylic acids is 1. The molecule has 0 aliphatic carbocycles. The number of piperazine rings is 1. The van der Waals surface area contributed by atoms with Gasteiger partial charge in [0.05, 0.1) is 17.1 Å². The number of hydrogen-bond acceptors (Lipinski definition) is 4. The molecule has 3 rings (SSSR count). The SMILES string of the molecule is Cc1ccc(CNC(=O)N2CCN(c3ncc(C(F)(F)F)cc3Cl)CC2)s1. The number of alkyl halides is 3. The molecule has 1 aliphatic heterocycles. The van der Waals surface area contributed by atoms with Gasteiger partial charge in [-0.1, -0.05) is 11.6 Å². The van der Waals surface area contributed by atoms with Crippen molar-refractivity contribution in [1.29, 1.82) is 0 Å². The summed E-state index contributed by atoms with van der Waals surface area (Å²) in [6.45, 7) is 4.26. The lowest BCUT2D eigenvalue weighted by atomic mass is 10.2. The van der Waals surface area contributed by atoms with E-state index in [1.54, 1.807) is 21.1 Å². The first-order valence-electron chi connectivity index (χ1n) is 8.30. The van der Waals surface area contributed by atoms with Gasteiger partial charge in [-0.05, 0) is 25.1 Å². The molecule has 0 atom stereocenters. The van der Waals surface area contributed by atoms with Crippen molar-refractivity contribution in [3.63, 3.8) is 0 Å². The maximum Gasteiger partial charge on any atom is 0.417 e. The van der Waals surface area contributed by atoms with Gasteiger partial charge >= 0.3 is 12.2 Å². The summed E-state index contributed by atoms with van der Waals surface area (Å²) >= 11 is 7.63. The number of aromatic nitrogens is 1. The van der Waals surface area contributed by atoms with Crippen molar-refractivity contribution in [2.45, 2.75) is 19.6 Å². The summed E-state index contributed by atoms with van der Waals surface area (Å²) in [5.74, 6) is 0.304. The van der Waals surface area contributed by atoms with E-state index in [-0.39, 0.29) is 11.1 Å². The summed E-state index contributed by atoms with van der Waals surface area (Å²) in [5.41, 5.74) is -0.877. The maximum absolute atomic E-state index is 12.7. The van der Waals surface area contributed by atoms with Crippen LogP contribution in [0, 0.1) is 6.92 Å². The van der Waals surface area contributed by atoms with Gasteiger partial charge in [-0.3, -0.25) is 0 Å². The lowest BCUT2D eigenvalue weighted by Gasteiger charge is -2.35. The molecule has 5 nitrogen and oxygen atoms in total. The maximum atomic E-state index is 12.7. The fraction of sp³-hybridized carbons (Fsp3) is 0.412. The first-order valence-corrected chi connectivity index (χ1v) is 9.49. The van der Waals surface area contributed by atoms with Crippen LogP contribution in [0.4, 0.5) is 23.8 Å².